The molecule has 0 aliphatic heterocycles. The van der Waals surface area contributed by atoms with E-state index in [4.69, 9.17) is 5.11 Å². The van der Waals surface area contributed by atoms with Crippen LogP contribution in [0.5, 0.6) is 0 Å². The van der Waals surface area contributed by atoms with E-state index in [9.17, 15) is 4.79 Å². The Hall–Kier alpha value is -1.03. The zero-order valence-corrected chi connectivity index (χ0v) is 6.94. The van der Waals surface area contributed by atoms with E-state index in [1.54, 1.807) is 13.8 Å². The number of nitrogens with zero attached hydrogens (tertiary/aromatic N) is 1. The van der Waals surface area contributed by atoms with Crippen molar-refractivity contribution in [1.29, 1.82) is 0 Å². The highest BCUT2D eigenvalue weighted by Gasteiger charge is 2.15. The van der Waals surface area contributed by atoms with Crippen molar-refractivity contribution < 1.29 is 14.4 Å². The predicted molar refractivity (Wildman–Crippen MR) is 40.2 cm³/mol. The monoisotopic (exact) mass is 177 g/mol. The van der Waals surface area contributed by atoms with Crippen molar-refractivity contribution in [3.63, 3.8) is 0 Å². The zero-order valence-electron chi connectivity index (χ0n) is 6.12. The van der Waals surface area contributed by atoms with E-state index in [2.05, 4.69) is 9.68 Å². The lowest BCUT2D eigenvalue weighted by atomic mass is 10.2. The molecule has 0 aromatic carbocycles. The maximum atomic E-state index is 10.4. The number of rotatable bonds is 1. The second-order valence-corrected chi connectivity index (χ2v) is 2.00. The maximum absolute atomic E-state index is 10.4. The Kier molecular flexibility index (Phi) is 3.07. The van der Waals surface area contributed by atoms with Gasteiger partial charge in [-0.3, -0.25) is 0 Å². The average Bonchev–Trinajstić information content (AvgIpc) is 2.11. The lowest BCUT2D eigenvalue weighted by Gasteiger charge is -1.86. The third-order valence-electron chi connectivity index (χ3n) is 1.25. The summed E-state index contributed by atoms with van der Waals surface area (Å²) in [6.45, 7) is 3.17. The minimum Gasteiger partial charge on any atom is -0.477 e. The molecule has 0 aliphatic carbocycles. The SMILES string of the molecule is Cc1noc(C)c1C(=O)O.Cl. The minimum atomic E-state index is -0.990. The van der Waals surface area contributed by atoms with Crippen LogP contribution in [0.1, 0.15) is 21.8 Å². The second kappa shape index (κ2) is 3.39. The molecule has 4 nitrogen and oxygen atoms in total. The summed E-state index contributed by atoms with van der Waals surface area (Å²) in [4.78, 5) is 10.4. The molecule has 0 aliphatic rings. The van der Waals surface area contributed by atoms with Gasteiger partial charge >= 0.3 is 5.97 Å². The first-order chi connectivity index (χ1) is 4.63. The number of halogens is 1. The molecule has 0 amide bonds. The zero-order chi connectivity index (χ0) is 7.72. The molecule has 0 unspecified atom stereocenters. The van der Waals surface area contributed by atoms with Gasteiger partial charge in [0.1, 0.15) is 11.3 Å². The van der Waals surface area contributed by atoms with Crippen LogP contribution in [0.15, 0.2) is 4.52 Å². The molecule has 1 aromatic rings. The summed E-state index contributed by atoms with van der Waals surface area (Å²) in [7, 11) is 0. The van der Waals surface area contributed by atoms with Gasteiger partial charge in [-0.2, -0.15) is 0 Å². The summed E-state index contributed by atoms with van der Waals surface area (Å²) >= 11 is 0. The fourth-order valence-electron chi connectivity index (χ4n) is 0.788. The topological polar surface area (TPSA) is 63.3 Å². The number of hydrogen-bond acceptors (Lipinski definition) is 3. The smallest absolute Gasteiger partial charge is 0.341 e. The average molecular weight is 178 g/mol. The molecular formula is C6H8ClNO3. The van der Waals surface area contributed by atoms with E-state index < -0.39 is 5.97 Å². The van der Waals surface area contributed by atoms with Crippen molar-refractivity contribution in [3.05, 3.63) is 17.0 Å². The molecule has 62 valence electrons. The number of carbonyl (C=O) groups is 1. The van der Waals surface area contributed by atoms with Crippen LogP contribution in [0.4, 0.5) is 0 Å². The summed E-state index contributed by atoms with van der Waals surface area (Å²) in [5.74, 6) is -0.638. The molecule has 11 heavy (non-hydrogen) atoms. The first-order valence-corrected chi connectivity index (χ1v) is 2.79. The highest BCUT2D eigenvalue weighted by molar-refractivity contribution is 5.89. The molecule has 0 bridgehead atoms. The van der Waals surface area contributed by atoms with Crippen LogP contribution >= 0.6 is 12.4 Å². The van der Waals surface area contributed by atoms with Gasteiger partial charge in [0.15, 0.2) is 0 Å². The molecule has 0 radical (unpaired) electrons. The van der Waals surface area contributed by atoms with Crippen molar-refractivity contribution >= 4 is 18.4 Å². The molecule has 0 saturated carbocycles. The summed E-state index contributed by atoms with van der Waals surface area (Å²) < 4.78 is 4.63. The van der Waals surface area contributed by atoms with Crippen LogP contribution in [0.3, 0.4) is 0 Å². The number of carboxylic acid groups (broad SMARTS) is 1. The molecule has 1 aromatic heterocycles. The molecule has 0 atom stereocenters. The molecule has 0 saturated heterocycles. The van der Waals surface area contributed by atoms with E-state index >= 15 is 0 Å². The fraction of sp³-hybridized carbons (Fsp3) is 0.333. The van der Waals surface area contributed by atoms with Crippen LogP contribution in [-0.4, -0.2) is 16.2 Å². The fourth-order valence-corrected chi connectivity index (χ4v) is 0.788. The van der Waals surface area contributed by atoms with E-state index in [1.165, 1.54) is 0 Å². The van der Waals surface area contributed by atoms with E-state index in [-0.39, 0.29) is 18.0 Å². The van der Waals surface area contributed by atoms with Crippen molar-refractivity contribution in [2.45, 2.75) is 13.8 Å². The Morgan fingerprint density at radius 1 is 1.55 bits per heavy atom. The third-order valence-corrected chi connectivity index (χ3v) is 1.25. The Balaban J connectivity index is 0.000001000. The van der Waals surface area contributed by atoms with Crippen LogP contribution in [0.2, 0.25) is 0 Å². The van der Waals surface area contributed by atoms with Crippen LogP contribution in [0.25, 0.3) is 0 Å². The highest BCUT2D eigenvalue weighted by Crippen LogP contribution is 2.10. The number of carboxylic acids is 1. The van der Waals surface area contributed by atoms with Gasteiger partial charge in [-0.15, -0.1) is 12.4 Å². The van der Waals surface area contributed by atoms with Crippen LogP contribution in [0, 0.1) is 13.8 Å². The molecule has 1 heterocycles. The van der Waals surface area contributed by atoms with Gasteiger partial charge < -0.3 is 9.63 Å². The van der Waals surface area contributed by atoms with Crippen molar-refractivity contribution in [2.24, 2.45) is 0 Å². The summed E-state index contributed by atoms with van der Waals surface area (Å²) in [6.07, 6.45) is 0. The van der Waals surface area contributed by atoms with E-state index in [1.807, 2.05) is 0 Å². The molecular weight excluding hydrogens is 170 g/mol. The Bertz CT molecular complexity index is 249. The quantitative estimate of drug-likeness (QED) is 0.705. The Morgan fingerprint density at radius 2 is 2.09 bits per heavy atom. The number of aromatic carboxylic acids is 1. The number of aryl methyl sites for hydroxylation is 2. The molecule has 5 heteroatoms. The highest BCUT2D eigenvalue weighted by atomic mass is 35.5. The van der Waals surface area contributed by atoms with E-state index in [0.717, 1.165) is 0 Å². The first-order valence-electron chi connectivity index (χ1n) is 2.79. The largest absolute Gasteiger partial charge is 0.477 e. The Labute approximate surface area is 69.6 Å². The minimum absolute atomic E-state index is 0. The van der Waals surface area contributed by atoms with Gasteiger partial charge in [0.2, 0.25) is 0 Å². The predicted octanol–water partition coefficient (Wildman–Crippen LogP) is 1.41. The van der Waals surface area contributed by atoms with Crippen molar-refractivity contribution in [2.75, 3.05) is 0 Å². The normalized spacial score (nSPS) is 8.91. The standard InChI is InChI=1S/C6H7NO3.ClH/c1-3-5(6(8)9)4(2)10-7-3;/h1-2H3,(H,8,9);1H. The van der Waals surface area contributed by atoms with Crippen LogP contribution in [-0.2, 0) is 0 Å². The van der Waals surface area contributed by atoms with Gasteiger partial charge in [-0.25, -0.2) is 4.79 Å². The molecule has 0 fully saturated rings. The maximum Gasteiger partial charge on any atom is 0.341 e. The van der Waals surface area contributed by atoms with Gasteiger partial charge in [-0.05, 0) is 13.8 Å². The van der Waals surface area contributed by atoms with Crippen LogP contribution < -0.4 is 0 Å². The van der Waals surface area contributed by atoms with E-state index in [0.29, 0.717) is 11.5 Å². The summed E-state index contributed by atoms with van der Waals surface area (Å²) in [6, 6.07) is 0. The number of aromatic nitrogens is 1. The van der Waals surface area contributed by atoms with Gasteiger partial charge in [-0.1, -0.05) is 5.16 Å². The van der Waals surface area contributed by atoms with Gasteiger partial charge in [0.05, 0.1) is 5.69 Å². The Morgan fingerprint density at radius 3 is 2.27 bits per heavy atom. The molecule has 0 spiro atoms. The van der Waals surface area contributed by atoms with Crippen molar-refractivity contribution in [3.8, 4) is 0 Å². The summed E-state index contributed by atoms with van der Waals surface area (Å²) in [5.41, 5.74) is 0.588. The molecule has 1 N–H and O–H groups in total. The first kappa shape index (κ1) is 9.97. The third kappa shape index (κ3) is 1.71. The molecule has 1 rings (SSSR count). The van der Waals surface area contributed by atoms with Gasteiger partial charge in [0, 0.05) is 0 Å². The van der Waals surface area contributed by atoms with Gasteiger partial charge in [0.25, 0.3) is 0 Å². The lowest BCUT2D eigenvalue weighted by Crippen LogP contribution is -1.98. The van der Waals surface area contributed by atoms with Crippen molar-refractivity contribution in [1.82, 2.24) is 5.16 Å². The second-order valence-electron chi connectivity index (χ2n) is 2.00. The lowest BCUT2D eigenvalue weighted by molar-refractivity contribution is 0.0694. The number of hydrogen-bond donors (Lipinski definition) is 1. The summed E-state index contributed by atoms with van der Waals surface area (Å²) in [5, 5.41) is 12.0.